The van der Waals surface area contributed by atoms with Crippen molar-refractivity contribution in [3.63, 3.8) is 0 Å². The van der Waals surface area contributed by atoms with E-state index in [1.807, 2.05) is 102 Å². The van der Waals surface area contributed by atoms with Gasteiger partial charge in [0.2, 0.25) is 13.6 Å². The Hall–Kier alpha value is -5.63. The van der Waals surface area contributed by atoms with Gasteiger partial charge in [-0.05, 0) is 97.9 Å². The Bertz CT molecular complexity index is 2810. The number of amides is 2. The maximum Gasteiger partial charge on any atom is 0.469 e. The van der Waals surface area contributed by atoms with Gasteiger partial charge in [-0.3, -0.25) is 14.2 Å². The first kappa shape index (κ1) is 60.1. The SMILES string of the molecule is O=C(NC(Cc1ccccc1)C(CN(Cc1ccc2c(c1)OCO2)OC1CCCC1)OP(=O)(O)O)OC1COC2OCCC12.O=C(NC(Cc1ccccc1)C(O)CN(Cc1ccc2c(c1)OCO2)OC1CCCC1)OC1COC2OCCC12. The average Bonchev–Trinajstić information content (AvgIpc) is 4.51. The Labute approximate surface area is 488 Å². The summed E-state index contributed by atoms with van der Waals surface area (Å²) in [5.41, 5.74) is 3.67. The fourth-order valence-electron chi connectivity index (χ4n) is 12.2. The number of hydroxylamine groups is 4. The quantitative estimate of drug-likeness (QED) is 0.0342. The molecule has 10 atom stereocenters. The zero-order valence-corrected chi connectivity index (χ0v) is 47.8. The van der Waals surface area contributed by atoms with Crippen molar-refractivity contribution < 1.29 is 90.6 Å². The van der Waals surface area contributed by atoms with Gasteiger partial charge in [0, 0.05) is 13.1 Å². The smallest absolute Gasteiger partial charge is 0.454 e. The van der Waals surface area contributed by atoms with Crippen LogP contribution in [0.4, 0.5) is 9.59 Å². The van der Waals surface area contributed by atoms with Crippen molar-refractivity contribution in [3.8, 4) is 23.0 Å². The number of alkyl carbamates (subject to hydrolysis) is 2. The molecule has 6 aliphatic heterocycles. The van der Waals surface area contributed by atoms with Gasteiger partial charge in [-0.15, -0.1) is 0 Å². The molecule has 4 saturated heterocycles. The molecule has 2 aliphatic carbocycles. The molecule has 6 fully saturated rings. The van der Waals surface area contributed by atoms with Crippen LogP contribution in [0.5, 0.6) is 23.0 Å². The summed E-state index contributed by atoms with van der Waals surface area (Å²) in [7, 11) is -5.00. The van der Waals surface area contributed by atoms with Gasteiger partial charge in [-0.1, -0.05) is 98.5 Å². The molecule has 12 rings (SSSR count). The summed E-state index contributed by atoms with van der Waals surface area (Å²) in [4.78, 5) is 59.1. The molecule has 2 amide bonds. The van der Waals surface area contributed by atoms with Crippen molar-refractivity contribution in [2.24, 2.45) is 11.8 Å². The van der Waals surface area contributed by atoms with Gasteiger partial charge in [-0.25, -0.2) is 14.2 Å². The Morgan fingerprint density at radius 1 is 0.560 bits per heavy atom. The third kappa shape index (κ3) is 16.7. The molecule has 10 unspecified atom stereocenters. The Kier molecular flexibility index (Phi) is 20.5. The van der Waals surface area contributed by atoms with Crippen LogP contribution < -0.4 is 29.6 Å². The highest BCUT2D eigenvalue weighted by Gasteiger charge is 2.46. The number of aliphatic hydroxyl groups excluding tert-OH is 1. The van der Waals surface area contributed by atoms with Crippen molar-refractivity contribution in [2.45, 2.75) is 151 Å². The molecular weight excluding hydrogens is 1110 g/mol. The second-order valence-corrected chi connectivity index (χ2v) is 23.8. The normalized spacial score (nSPS) is 24.8. The number of phosphoric ester groups is 1. The summed E-state index contributed by atoms with van der Waals surface area (Å²) in [5, 5.41) is 20.8. The zero-order valence-electron chi connectivity index (χ0n) is 46.9. The third-order valence-electron chi connectivity index (χ3n) is 16.4. The first-order valence-electron chi connectivity index (χ1n) is 29.4. The lowest BCUT2D eigenvalue weighted by Gasteiger charge is -2.34. The van der Waals surface area contributed by atoms with Gasteiger partial charge in [-0.2, -0.15) is 10.1 Å². The number of phosphoric acid groups is 1. The summed E-state index contributed by atoms with van der Waals surface area (Å²) in [6.07, 6.45) is 5.32. The van der Waals surface area contributed by atoms with Gasteiger partial charge < -0.3 is 72.9 Å². The number of benzene rings is 4. The number of fused-ring (bicyclic) bond motifs is 4. The fraction of sp³-hybridized carbons (Fsp3) is 0.567. The summed E-state index contributed by atoms with van der Waals surface area (Å²) < 4.78 is 73.5. The molecule has 4 aromatic rings. The molecule has 6 heterocycles. The minimum atomic E-state index is -5.00. The van der Waals surface area contributed by atoms with Crippen LogP contribution in [-0.4, -0.2) is 152 Å². The molecule has 0 bridgehead atoms. The molecule has 0 spiro atoms. The van der Waals surface area contributed by atoms with E-state index in [0.717, 1.165) is 85.8 Å². The lowest BCUT2D eigenvalue weighted by molar-refractivity contribution is -0.214. The lowest BCUT2D eigenvalue weighted by atomic mass is 10.0. The van der Waals surface area contributed by atoms with Crippen molar-refractivity contribution in [2.75, 3.05) is 53.1 Å². The first-order chi connectivity index (χ1) is 40.9. The molecule has 0 radical (unpaired) electrons. The fourth-order valence-corrected chi connectivity index (χ4v) is 12.7. The number of nitrogens with one attached hydrogen (secondary N) is 2. The number of carbonyl (C=O) groups is 2. The van der Waals surface area contributed by atoms with E-state index in [4.69, 9.17) is 61.6 Å². The monoisotopic (exact) mass is 1190 g/mol. The van der Waals surface area contributed by atoms with E-state index in [1.165, 1.54) is 0 Å². The summed E-state index contributed by atoms with van der Waals surface area (Å²) in [5.74, 6) is 2.67. The number of hydrogen-bond donors (Lipinski definition) is 5. The van der Waals surface area contributed by atoms with Crippen molar-refractivity contribution in [1.82, 2.24) is 20.8 Å². The highest BCUT2D eigenvalue weighted by molar-refractivity contribution is 7.46. The lowest BCUT2D eigenvalue weighted by Crippen LogP contribution is -2.51. The molecule has 5 N–H and O–H groups in total. The second kappa shape index (κ2) is 28.7. The maximum absolute atomic E-state index is 13.3. The van der Waals surface area contributed by atoms with E-state index in [9.17, 15) is 29.0 Å². The van der Waals surface area contributed by atoms with Crippen LogP contribution in [0.2, 0.25) is 0 Å². The number of nitrogens with zero attached hydrogens (tertiary/aromatic N) is 2. The van der Waals surface area contributed by atoms with Crippen LogP contribution >= 0.6 is 7.82 Å². The summed E-state index contributed by atoms with van der Waals surface area (Å²) >= 11 is 0. The largest absolute Gasteiger partial charge is 0.469 e. The van der Waals surface area contributed by atoms with E-state index in [0.29, 0.717) is 56.5 Å². The highest BCUT2D eigenvalue weighted by atomic mass is 31.2. The Morgan fingerprint density at radius 3 is 1.50 bits per heavy atom. The molecule has 84 heavy (non-hydrogen) atoms. The van der Waals surface area contributed by atoms with Gasteiger partial charge >= 0.3 is 20.0 Å². The van der Waals surface area contributed by atoms with Crippen LogP contribution in [0.3, 0.4) is 0 Å². The van der Waals surface area contributed by atoms with Crippen molar-refractivity contribution in [3.05, 3.63) is 119 Å². The molecule has 24 heteroatoms. The van der Waals surface area contributed by atoms with E-state index >= 15 is 0 Å². The molecule has 0 aromatic heterocycles. The summed E-state index contributed by atoms with van der Waals surface area (Å²) in [6.45, 7) is 2.90. The van der Waals surface area contributed by atoms with E-state index in [1.54, 1.807) is 5.06 Å². The van der Waals surface area contributed by atoms with Crippen LogP contribution in [0.25, 0.3) is 0 Å². The zero-order chi connectivity index (χ0) is 57.8. The number of aliphatic hydroxyl groups is 1. The van der Waals surface area contributed by atoms with Crippen LogP contribution in [0.1, 0.15) is 86.5 Å². The van der Waals surface area contributed by atoms with Gasteiger partial charge in [0.05, 0.1) is 81.7 Å². The average molecular weight is 1190 g/mol. The number of hydrogen-bond acceptors (Lipinski definition) is 19. The van der Waals surface area contributed by atoms with Crippen molar-refractivity contribution in [1.29, 1.82) is 0 Å². The molecular formula is C60H77N4O19P. The van der Waals surface area contributed by atoms with E-state index in [-0.39, 0.29) is 82.7 Å². The van der Waals surface area contributed by atoms with Crippen LogP contribution in [0, 0.1) is 11.8 Å². The Morgan fingerprint density at radius 2 is 1.01 bits per heavy atom. The van der Waals surface area contributed by atoms with Crippen LogP contribution in [-0.2, 0) is 73.1 Å². The highest BCUT2D eigenvalue weighted by Crippen LogP contribution is 2.41. The minimum Gasteiger partial charge on any atom is -0.454 e. The van der Waals surface area contributed by atoms with Gasteiger partial charge in [0.15, 0.2) is 35.6 Å². The van der Waals surface area contributed by atoms with Crippen molar-refractivity contribution >= 4 is 20.0 Å². The third-order valence-corrected chi connectivity index (χ3v) is 17.0. The molecule has 2 saturated carbocycles. The summed E-state index contributed by atoms with van der Waals surface area (Å²) in [6, 6.07) is 29.0. The van der Waals surface area contributed by atoms with Gasteiger partial charge in [0.25, 0.3) is 0 Å². The standard InChI is InChI=1S/C30H39N2O11P.C30H38N2O8/c33-30(41-28-18-38-29-23(28)12-13-37-29)31-24(14-20-6-2-1-3-7-20)27(43-44(34,35)36)17-32(42-22-8-4-5-9-22)16-21-10-11-25-26(15-21)40-19-39-25;33-25(17-32(40-22-8-4-5-9-22)16-21-10-11-26-27(15-21)38-19-37-26)24(14-20-6-2-1-3-7-20)31-30(34)39-28-18-36-29-23(28)12-13-35-29/h1-3,6-7,10-11,15,22-24,27-29H,4-5,8-9,12-14,16-19H2,(H,31,33)(H2,34,35,36);1-3,6-7,10-11,15,22-25,28-29,33H,4-5,8-9,12-14,16-19H2,(H,31,34). The molecule has 4 aromatic carbocycles. The molecule has 456 valence electrons. The van der Waals surface area contributed by atoms with E-state index in [2.05, 4.69) is 10.6 Å². The van der Waals surface area contributed by atoms with Gasteiger partial charge in [0.1, 0.15) is 18.3 Å². The van der Waals surface area contributed by atoms with E-state index < -0.39 is 56.7 Å². The number of carbonyl (C=O) groups excluding carboxylic acids is 2. The maximum atomic E-state index is 13.3. The molecule has 8 aliphatic rings. The second-order valence-electron chi connectivity index (χ2n) is 22.6. The predicted molar refractivity (Wildman–Crippen MR) is 298 cm³/mol. The first-order valence-corrected chi connectivity index (χ1v) is 30.9. The number of ether oxygens (including phenoxy) is 10. The molecule has 23 nitrogen and oxygen atoms in total. The minimum absolute atomic E-state index is 0.0419. The number of rotatable bonds is 24. The van der Waals surface area contributed by atoms with Crippen LogP contribution in [0.15, 0.2) is 97.1 Å². The predicted octanol–water partition coefficient (Wildman–Crippen LogP) is 7.22. The topological polar surface area (TPSA) is 262 Å². The Balaban J connectivity index is 0.000000176.